The Kier molecular flexibility index (Phi) is 2.75. The SMILES string of the molecule is Cc1cc(/C(N)=N/O)nc(-n2nnc3ccccc32)n1. The molecule has 8 heteroatoms. The zero-order valence-corrected chi connectivity index (χ0v) is 10.6. The van der Waals surface area contributed by atoms with Crippen molar-refractivity contribution in [2.24, 2.45) is 10.9 Å². The summed E-state index contributed by atoms with van der Waals surface area (Å²) in [5.41, 5.74) is 8.09. The predicted octanol–water partition coefficient (Wildman–Crippen LogP) is 0.613. The van der Waals surface area contributed by atoms with Gasteiger partial charge in [0.2, 0.25) is 0 Å². The molecular formula is C12H11N7O. The van der Waals surface area contributed by atoms with E-state index in [1.54, 1.807) is 13.0 Å². The van der Waals surface area contributed by atoms with Crippen molar-refractivity contribution in [1.29, 1.82) is 0 Å². The number of aromatic nitrogens is 5. The molecule has 0 radical (unpaired) electrons. The standard InChI is InChI=1S/C12H11N7O/c1-7-6-9(11(13)17-20)15-12(14-7)19-10-5-3-2-4-8(10)16-18-19/h2-6,20H,1H3,(H2,13,17). The van der Waals surface area contributed by atoms with E-state index in [2.05, 4.69) is 25.4 Å². The van der Waals surface area contributed by atoms with Gasteiger partial charge in [-0.25, -0.2) is 9.97 Å². The van der Waals surface area contributed by atoms with Crippen molar-refractivity contribution in [2.45, 2.75) is 6.92 Å². The molecule has 0 amide bonds. The van der Waals surface area contributed by atoms with Crippen LogP contribution in [0.25, 0.3) is 17.0 Å². The van der Waals surface area contributed by atoms with E-state index in [0.29, 0.717) is 17.3 Å². The van der Waals surface area contributed by atoms with Crippen molar-refractivity contribution in [1.82, 2.24) is 25.0 Å². The predicted molar refractivity (Wildman–Crippen MR) is 71.7 cm³/mol. The molecule has 2 heterocycles. The summed E-state index contributed by atoms with van der Waals surface area (Å²) >= 11 is 0. The third kappa shape index (κ3) is 1.92. The summed E-state index contributed by atoms with van der Waals surface area (Å²) in [5.74, 6) is 0.237. The minimum Gasteiger partial charge on any atom is -0.409 e. The monoisotopic (exact) mass is 269 g/mol. The molecule has 0 atom stereocenters. The van der Waals surface area contributed by atoms with Crippen LogP contribution >= 0.6 is 0 Å². The topological polar surface area (TPSA) is 115 Å². The van der Waals surface area contributed by atoms with E-state index in [0.717, 1.165) is 11.0 Å². The van der Waals surface area contributed by atoms with Gasteiger partial charge in [-0.05, 0) is 25.1 Å². The summed E-state index contributed by atoms with van der Waals surface area (Å²) in [5, 5.41) is 19.8. The molecule has 1 aromatic carbocycles. The van der Waals surface area contributed by atoms with Crippen LogP contribution < -0.4 is 5.73 Å². The van der Waals surface area contributed by atoms with Gasteiger partial charge in [-0.1, -0.05) is 22.5 Å². The second-order valence-electron chi connectivity index (χ2n) is 4.17. The van der Waals surface area contributed by atoms with Crippen molar-refractivity contribution >= 4 is 16.9 Å². The highest BCUT2D eigenvalue weighted by Crippen LogP contribution is 2.13. The number of nitrogens with zero attached hydrogens (tertiary/aromatic N) is 6. The maximum absolute atomic E-state index is 8.74. The van der Waals surface area contributed by atoms with Gasteiger partial charge in [0.15, 0.2) is 5.84 Å². The minimum absolute atomic E-state index is 0.0822. The number of rotatable bonds is 2. The van der Waals surface area contributed by atoms with Gasteiger partial charge in [-0.3, -0.25) is 0 Å². The van der Waals surface area contributed by atoms with Crippen LogP contribution in [0.2, 0.25) is 0 Å². The quantitative estimate of drug-likeness (QED) is 0.305. The van der Waals surface area contributed by atoms with E-state index in [4.69, 9.17) is 10.9 Å². The zero-order chi connectivity index (χ0) is 14.1. The van der Waals surface area contributed by atoms with Crippen LogP contribution in [0.3, 0.4) is 0 Å². The van der Waals surface area contributed by atoms with E-state index in [1.165, 1.54) is 4.68 Å². The summed E-state index contributed by atoms with van der Waals surface area (Å²) in [6.07, 6.45) is 0. The lowest BCUT2D eigenvalue weighted by atomic mass is 10.3. The summed E-state index contributed by atoms with van der Waals surface area (Å²) in [4.78, 5) is 8.53. The van der Waals surface area contributed by atoms with Crippen LogP contribution in [0.4, 0.5) is 0 Å². The number of benzene rings is 1. The fraction of sp³-hybridized carbons (Fsp3) is 0.0833. The first-order valence-electron chi connectivity index (χ1n) is 5.83. The number of nitrogens with two attached hydrogens (primary N) is 1. The Morgan fingerprint density at radius 2 is 2.10 bits per heavy atom. The third-order valence-corrected chi connectivity index (χ3v) is 2.75. The Morgan fingerprint density at radius 1 is 1.30 bits per heavy atom. The van der Waals surface area contributed by atoms with E-state index in [9.17, 15) is 0 Å². The minimum atomic E-state index is -0.0822. The molecule has 3 rings (SSSR count). The molecule has 20 heavy (non-hydrogen) atoms. The molecule has 3 N–H and O–H groups in total. The molecule has 0 saturated heterocycles. The molecular weight excluding hydrogens is 258 g/mol. The van der Waals surface area contributed by atoms with Gasteiger partial charge in [0.1, 0.15) is 11.2 Å². The van der Waals surface area contributed by atoms with Crippen molar-refractivity contribution < 1.29 is 5.21 Å². The summed E-state index contributed by atoms with van der Waals surface area (Å²) in [6.45, 7) is 1.79. The van der Waals surface area contributed by atoms with Crippen LogP contribution in [0, 0.1) is 6.92 Å². The van der Waals surface area contributed by atoms with Crippen LogP contribution in [0.1, 0.15) is 11.4 Å². The van der Waals surface area contributed by atoms with E-state index in [-0.39, 0.29) is 5.84 Å². The van der Waals surface area contributed by atoms with Crippen molar-refractivity contribution in [3.8, 4) is 5.95 Å². The average molecular weight is 269 g/mol. The zero-order valence-electron chi connectivity index (χ0n) is 10.6. The van der Waals surface area contributed by atoms with Crippen molar-refractivity contribution in [2.75, 3.05) is 0 Å². The fourth-order valence-corrected chi connectivity index (χ4v) is 1.85. The molecule has 3 aromatic rings. The molecule has 100 valence electrons. The van der Waals surface area contributed by atoms with Crippen LogP contribution in [0.15, 0.2) is 35.5 Å². The Labute approximate surface area is 113 Å². The molecule has 0 aliphatic heterocycles. The molecule has 0 unspecified atom stereocenters. The van der Waals surface area contributed by atoms with Gasteiger partial charge < -0.3 is 10.9 Å². The number of oxime groups is 1. The second-order valence-corrected chi connectivity index (χ2v) is 4.17. The van der Waals surface area contributed by atoms with Gasteiger partial charge in [0.25, 0.3) is 5.95 Å². The van der Waals surface area contributed by atoms with Gasteiger partial charge in [0, 0.05) is 5.69 Å². The first kappa shape index (κ1) is 12.0. The lowest BCUT2D eigenvalue weighted by Crippen LogP contribution is -2.17. The van der Waals surface area contributed by atoms with Gasteiger partial charge in [-0.2, -0.15) is 4.68 Å². The van der Waals surface area contributed by atoms with E-state index >= 15 is 0 Å². The largest absolute Gasteiger partial charge is 0.409 e. The maximum atomic E-state index is 8.74. The molecule has 2 aromatic heterocycles. The Morgan fingerprint density at radius 3 is 2.90 bits per heavy atom. The Balaban J connectivity index is 2.22. The van der Waals surface area contributed by atoms with E-state index in [1.807, 2.05) is 24.3 Å². The molecule has 0 fully saturated rings. The van der Waals surface area contributed by atoms with Gasteiger partial charge in [-0.15, -0.1) is 5.10 Å². The van der Waals surface area contributed by atoms with Crippen LogP contribution in [-0.2, 0) is 0 Å². The van der Waals surface area contributed by atoms with Crippen LogP contribution in [0.5, 0.6) is 0 Å². The van der Waals surface area contributed by atoms with Crippen molar-refractivity contribution in [3.63, 3.8) is 0 Å². The summed E-state index contributed by atoms with van der Waals surface area (Å²) in [7, 11) is 0. The molecule has 8 nitrogen and oxygen atoms in total. The van der Waals surface area contributed by atoms with Crippen LogP contribution in [-0.4, -0.2) is 36.0 Å². The number of hydrogen-bond donors (Lipinski definition) is 2. The second kappa shape index (κ2) is 4.57. The normalized spacial score (nSPS) is 11.9. The fourth-order valence-electron chi connectivity index (χ4n) is 1.85. The summed E-state index contributed by atoms with van der Waals surface area (Å²) in [6, 6.07) is 9.09. The number of para-hydroxylation sites is 1. The molecule has 0 aliphatic rings. The third-order valence-electron chi connectivity index (χ3n) is 2.75. The number of fused-ring (bicyclic) bond motifs is 1. The maximum Gasteiger partial charge on any atom is 0.253 e. The lowest BCUT2D eigenvalue weighted by Gasteiger charge is -2.04. The number of aryl methyl sites for hydroxylation is 1. The van der Waals surface area contributed by atoms with E-state index < -0.39 is 0 Å². The Bertz CT molecular complexity index is 808. The molecule has 0 aliphatic carbocycles. The van der Waals surface area contributed by atoms with Crippen molar-refractivity contribution in [3.05, 3.63) is 41.7 Å². The average Bonchev–Trinajstić information content (AvgIpc) is 2.89. The summed E-state index contributed by atoms with van der Waals surface area (Å²) < 4.78 is 1.51. The highest BCUT2D eigenvalue weighted by atomic mass is 16.4. The molecule has 0 bridgehead atoms. The molecule has 0 spiro atoms. The molecule has 0 saturated carbocycles. The lowest BCUT2D eigenvalue weighted by molar-refractivity contribution is 0.318. The smallest absolute Gasteiger partial charge is 0.253 e. The Hall–Kier alpha value is -3.03. The highest BCUT2D eigenvalue weighted by Gasteiger charge is 2.11. The van der Waals surface area contributed by atoms with Gasteiger partial charge >= 0.3 is 0 Å². The first-order chi connectivity index (χ1) is 9.69. The number of amidine groups is 1. The van der Waals surface area contributed by atoms with Gasteiger partial charge in [0.05, 0.1) is 5.52 Å². The first-order valence-corrected chi connectivity index (χ1v) is 5.83. The number of hydrogen-bond acceptors (Lipinski definition) is 6. The highest BCUT2D eigenvalue weighted by molar-refractivity contribution is 5.95.